The molecule has 0 spiro atoms. The zero-order valence-electron chi connectivity index (χ0n) is 10.3. The molecule has 0 saturated carbocycles. The van der Waals surface area contributed by atoms with E-state index in [1.54, 1.807) is 36.3 Å². The molecular formula is C12H13Cl2N3O2. The molecule has 2 aromatic rings. The Bertz CT molecular complexity index is 560. The summed E-state index contributed by atoms with van der Waals surface area (Å²) in [5, 5.41) is 14.2. The lowest BCUT2D eigenvalue weighted by atomic mass is 10.1. The number of methoxy groups -OCH3 is 1. The Hall–Kier alpha value is -1.14. The van der Waals surface area contributed by atoms with Crippen molar-refractivity contribution in [2.75, 3.05) is 13.7 Å². The van der Waals surface area contributed by atoms with Crippen molar-refractivity contribution < 1.29 is 9.84 Å². The van der Waals surface area contributed by atoms with Crippen molar-refractivity contribution in [2.24, 2.45) is 0 Å². The number of rotatable bonds is 5. The minimum absolute atomic E-state index is 0.00213. The second-order valence-electron chi connectivity index (χ2n) is 3.87. The summed E-state index contributed by atoms with van der Waals surface area (Å²) in [5.41, 5.74) is 0.746. The maximum Gasteiger partial charge on any atom is 0.184 e. The first kappa shape index (κ1) is 14.3. The van der Waals surface area contributed by atoms with Crippen molar-refractivity contribution in [3.05, 3.63) is 46.0 Å². The summed E-state index contributed by atoms with van der Waals surface area (Å²) in [6, 6.07) is 5.17. The standard InChI is InChI=1S/C12H13Cl2N3O2/c1-19-11(9-3-2-8(13)6-10(9)14)12-15-7-17(16-12)4-5-18/h2-3,6-7,11,18H,4-5H2,1H3. The first-order chi connectivity index (χ1) is 9.15. The highest BCUT2D eigenvalue weighted by Gasteiger charge is 2.20. The van der Waals surface area contributed by atoms with Crippen LogP contribution in [0.25, 0.3) is 0 Å². The van der Waals surface area contributed by atoms with Crippen molar-refractivity contribution in [2.45, 2.75) is 12.6 Å². The van der Waals surface area contributed by atoms with Gasteiger partial charge in [-0.25, -0.2) is 4.98 Å². The number of benzene rings is 1. The van der Waals surface area contributed by atoms with Crippen LogP contribution < -0.4 is 0 Å². The molecule has 1 aromatic heterocycles. The van der Waals surface area contributed by atoms with Crippen molar-refractivity contribution in [1.29, 1.82) is 0 Å². The topological polar surface area (TPSA) is 60.2 Å². The van der Waals surface area contributed by atoms with Gasteiger partial charge in [-0.15, -0.1) is 0 Å². The van der Waals surface area contributed by atoms with E-state index in [9.17, 15) is 0 Å². The van der Waals surface area contributed by atoms with Crippen LogP contribution in [0.4, 0.5) is 0 Å². The fourth-order valence-corrected chi connectivity index (χ4v) is 2.23. The smallest absolute Gasteiger partial charge is 0.184 e. The Kier molecular flexibility index (Phi) is 4.76. The van der Waals surface area contributed by atoms with Gasteiger partial charge in [0.1, 0.15) is 12.4 Å². The van der Waals surface area contributed by atoms with Gasteiger partial charge in [-0.2, -0.15) is 5.10 Å². The number of hydrogen-bond acceptors (Lipinski definition) is 4. The number of nitrogens with zero attached hydrogens (tertiary/aromatic N) is 3. The summed E-state index contributed by atoms with van der Waals surface area (Å²) in [6.45, 7) is 0.389. The number of halogens is 2. The van der Waals surface area contributed by atoms with Gasteiger partial charge in [-0.05, 0) is 12.1 Å². The Morgan fingerprint density at radius 3 is 2.84 bits per heavy atom. The fraction of sp³-hybridized carbons (Fsp3) is 0.333. The quantitative estimate of drug-likeness (QED) is 0.921. The van der Waals surface area contributed by atoms with Crippen LogP contribution in [0.1, 0.15) is 17.5 Å². The lowest BCUT2D eigenvalue weighted by molar-refractivity contribution is 0.128. The maximum atomic E-state index is 8.86. The van der Waals surface area contributed by atoms with Gasteiger partial charge < -0.3 is 9.84 Å². The van der Waals surface area contributed by atoms with Gasteiger partial charge in [0, 0.05) is 22.7 Å². The molecule has 1 unspecified atom stereocenters. The van der Waals surface area contributed by atoms with Gasteiger partial charge in [0.05, 0.1) is 13.2 Å². The van der Waals surface area contributed by atoms with Crippen LogP contribution in [0, 0.1) is 0 Å². The molecule has 1 N–H and O–H groups in total. The predicted octanol–water partition coefficient (Wildman–Crippen LogP) is 2.31. The van der Waals surface area contributed by atoms with Crippen LogP contribution in [-0.4, -0.2) is 33.6 Å². The first-order valence-corrected chi connectivity index (χ1v) is 6.39. The molecule has 7 heteroatoms. The largest absolute Gasteiger partial charge is 0.394 e. The lowest BCUT2D eigenvalue weighted by Crippen LogP contribution is -2.08. The highest BCUT2D eigenvalue weighted by Crippen LogP contribution is 2.30. The molecule has 102 valence electrons. The molecule has 1 atom stereocenters. The third-order valence-electron chi connectivity index (χ3n) is 2.60. The van der Waals surface area contributed by atoms with Gasteiger partial charge in [0.2, 0.25) is 0 Å². The summed E-state index contributed by atoms with van der Waals surface area (Å²) >= 11 is 12.0. The van der Waals surface area contributed by atoms with E-state index in [0.717, 1.165) is 5.56 Å². The van der Waals surface area contributed by atoms with Gasteiger partial charge >= 0.3 is 0 Å². The fourth-order valence-electron chi connectivity index (χ4n) is 1.72. The molecule has 0 aliphatic rings. The maximum absolute atomic E-state index is 8.86. The second-order valence-corrected chi connectivity index (χ2v) is 4.71. The summed E-state index contributed by atoms with van der Waals surface area (Å²) in [7, 11) is 1.56. The summed E-state index contributed by atoms with van der Waals surface area (Å²) < 4.78 is 6.95. The predicted molar refractivity (Wildman–Crippen MR) is 72.4 cm³/mol. The summed E-state index contributed by atoms with van der Waals surface area (Å²) in [4.78, 5) is 4.17. The van der Waals surface area contributed by atoms with Crippen LogP contribution >= 0.6 is 23.2 Å². The number of aliphatic hydroxyl groups is 1. The Labute approximate surface area is 120 Å². The van der Waals surface area contributed by atoms with E-state index in [1.165, 1.54) is 0 Å². The van der Waals surface area contributed by atoms with E-state index in [4.69, 9.17) is 33.0 Å². The monoisotopic (exact) mass is 301 g/mol. The van der Waals surface area contributed by atoms with Crippen LogP contribution in [0.2, 0.25) is 10.0 Å². The molecule has 0 aliphatic heterocycles. The first-order valence-electron chi connectivity index (χ1n) is 5.63. The van der Waals surface area contributed by atoms with Gasteiger partial charge in [-0.1, -0.05) is 29.3 Å². The van der Waals surface area contributed by atoms with Crippen molar-refractivity contribution >= 4 is 23.2 Å². The number of hydrogen-bond donors (Lipinski definition) is 1. The van der Waals surface area contributed by atoms with Crippen LogP contribution in [0.15, 0.2) is 24.5 Å². The van der Waals surface area contributed by atoms with Crippen molar-refractivity contribution in [3.63, 3.8) is 0 Å². The SMILES string of the molecule is COC(c1ncn(CCO)n1)c1ccc(Cl)cc1Cl. The molecule has 19 heavy (non-hydrogen) atoms. The molecule has 0 radical (unpaired) electrons. The summed E-state index contributed by atoms with van der Waals surface area (Å²) in [6.07, 6.45) is 1.08. The molecule has 2 rings (SSSR count). The van der Waals surface area contributed by atoms with E-state index >= 15 is 0 Å². The van der Waals surface area contributed by atoms with Crippen molar-refractivity contribution in [1.82, 2.24) is 14.8 Å². The summed E-state index contributed by atoms with van der Waals surface area (Å²) in [5.74, 6) is 0.486. The normalized spacial score (nSPS) is 12.6. The van der Waals surface area contributed by atoms with Crippen LogP contribution in [-0.2, 0) is 11.3 Å². The molecule has 1 aromatic carbocycles. The molecule has 0 amide bonds. The minimum atomic E-state index is -0.468. The minimum Gasteiger partial charge on any atom is -0.394 e. The number of aliphatic hydroxyl groups excluding tert-OH is 1. The molecule has 0 aliphatic carbocycles. The molecule has 0 fully saturated rings. The van der Waals surface area contributed by atoms with Crippen LogP contribution in [0.3, 0.4) is 0 Å². The number of ether oxygens (including phenoxy) is 1. The Morgan fingerprint density at radius 1 is 1.42 bits per heavy atom. The third kappa shape index (κ3) is 3.25. The average molecular weight is 302 g/mol. The molecule has 0 saturated heterocycles. The highest BCUT2D eigenvalue weighted by molar-refractivity contribution is 6.35. The second kappa shape index (κ2) is 6.34. The van der Waals surface area contributed by atoms with Crippen molar-refractivity contribution in [3.8, 4) is 0 Å². The Balaban J connectivity index is 2.32. The number of aromatic nitrogens is 3. The Morgan fingerprint density at radius 2 is 2.21 bits per heavy atom. The van der Waals surface area contributed by atoms with Gasteiger partial charge in [0.15, 0.2) is 5.82 Å². The molecule has 0 bridgehead atoms. The molecule has 5 nitrogen and oxygen atoms in total. The zero-order chi connectivity index (χ0) is 13.8. The molecule has 1 heterocycles. The van der Waals surface area contributed by atoms with Gasteiger partial charge in [-0.3, -0.25) is 4.68 Å². The van der Waals surface area contributed by atoms with E-state index in [0.29, 0.717) is 22.4 Å². The average Bonchev–Trinajstić information content (AvgIpc) is 2.82. The lowest BCUT2D eigenvalue weighted by Gasteiger charge is -2.14. The molecular weight excluding hydrogens is 289 g/mol. The third-order valence-corrected chi connectivity index (χ3v) is 3.16. The van der Waals surface area contributed by atoms with E-state index in [1.807, 2.05) is 0 Å². The van der Waals surface area contributed by atoms with E-state index in [2.05, 4.69) is 10.1 Å². The zero-order valence-corrected chi connectivity index (χ0v) is 11.8. The highest BCUT2D eigenvalue weighted by atomic mass is 35.5. The van der Waals surface area contributed by atoms with E-state index in [-0.39, 0.29) is 6.61 Å². The van der Waals surface area contributed by atoms with Crippen LogP contribution in [0.5, 0.6) is 0 Å². The van der Waals surface area contributed by atoms with E-state index < -0.39 is 6.10 Å². The van der Waals surface area contributed by atoms with Gasteiger partial charge in [0.25, 0.3) is 0 Å².